The zero-order chi connectivity index (χ0) is 19.1. The number of hydrogen-bond acceptors (Lipinski definition) is 4. The predicted octanol–water partition coefficient (Wildman–Crippen LogP) is 2.34. The molecule has 0 unspecified atom stereocenters. The van der Waals surface area contributed by atoms with Crippen LogP contribution in [0.25, 0.3) is 11.2 Å². The first-order valence-electron chi connectivity index (χ1n) is 9.71. The maximum absolute atomic E-state index is 13.2. The van der Waals surface area contributed by atoms with Crippen molar-refractivity contribution < 1.29 is 0 Å². The number of aryl methyl sites for hydroxylation is 2. The second-order valence-corrected chi connectivity index (χ2v) is 8.08. The summed E-state index contributed by atoms with van der Waals surface area (Å²) in [5.41, 5.74) is 4.07. The van der Waals surface area contributed by atoms with Crippen molar-refractivity contribution in [3.05, 3.63) is 46.3 Å². The molecule has 144 valence electrons. The molecule has 0 saturated carbocycles. The van der Waals surface area contributed by atoms with Gasteiger partial charge in [-0.2, -0.15) is 5.10 Å². The van der Waals surface area contributed by atoms with Gasteiger partial charge in [-0.15, -0.1) is 0 Å². The van der Waals surface area contributed by atoms with Gasteiger partial charge in [0.1, 0.15) is 0 Å². The van der Waals surface area contributed by atoms with Gasteiger partial charge in [-0.05, 0) is 37.5 Å². The van der Waals surface area contributed by atoms with Crippen molar-refractivity contribution in [2.45, 2.75) is 46.3 Å². The SMILES string of the molecule is Cc1cc(CN2CC[C@@H](n3c(=O)n(CC(C)C)c4cccnc43)C2)n(C)n1. The number of nitrogens with zero attached hydrogens (tertiary/aromatic N) is 6. The van der Waals surface area contributed by atoms with Gasteiger partial charge >= 0.3 is 5.69 Å². The molecule has 4 heterocycles. The molecule has 3 aromatic rings. The number of rotatable bonds is 5. The standard InChI is InChI=1S/C20H28N6O/c1-14(2)11-25-18-6-5-8-21-19(18)26(20(25)27)16-7-9-24(12-16)13-17-10-15(3)22-23(17)4/h5-6,8,10,14,16H,7,9,11-13H2,1-4H3/t16-/m1/s1. The lowest BCUT2D eigenvalue weighted by molar-refractivity contribution is 0.306. The second-order valence-electron chi connectivity index (χ2n) is 8.08. The molecule has 0 amide bonds. The van der Waals surface area contributed by atoms with Gasteiger partial charge in [-0.3, -0.25) is 18.7 Å². The largest absolute Gasteiger partial charge is 0.330 e. The van der Waals surface area contributed by atoms with Gasteiger partial charge < -0.3 is 0 Å². The van der Waals surface area contributed by atoms with Crippen LogP contribution in [0.5, 0.6) is 0 Å². The fourth-order valence-electron chi connectivity index (χ4n) is 4.19. The average Bonchev–Trinajstić information content (AvgIpc) is 3.26. The number of likely N-dealkylation sites (tertiary alicyclic amines) is 1. The summed E-state index contributed by atoms with van der Waals surface area (Å²) < 4.78 is 5.76. The summed E-state index contributed by atoms with van der Waals surface area (Å²) in [6.07, 6.45) is 2.75. The van der Waals surface area contributed by atoms with Gasteiger partial charge in [0.2, 0.25) is 0 Å². The fourth-order valence-corrected chi connectivity index (χ4v) is 4.19. The number of hydrogen-bond donors (Lipinski definition) is 0. The second kappa shape index (κ2) is 6.96. The Morgan fingerprint density at radius 3 is 2.85 bits per heavy atom. The molecule has 0 spiro atoms. The van der Waals surface area contributed by atoms with Gasteiger partial charge in [0.15, 0.2) is 5.65 Å². The summed E-state index contributed by atoms with van der Waals surface area (Å²) in [7, 11) is 1.99. The highest BCUT2D eigenvalue weighted by Gasteiger charge is 2.29. The Bertz CT molecular complexity index is 1010. The molecular weight excluding hydrogens is 340 g/mol. The summed E-state index contributed by atoms with van der Waals surface area (Å²) in [4.78, 5) is 20.1. The number of aromatic nitrogens is 5. The summed E-state index contributed by atoms with van der Waals surface area (Å²) in [6, 6.07) is 6.22. The molecule has 0 bridgehead atoms. The van der Waals surface area contributed by atoms with Crippen LogP contribution in [-0.4, -0.2) is 41.9 Å². The lowest BCUT2D eigenvalue weighted by atomic mass is 10.2. The number of fused-ring (bicyclic) bond motifs is 1. The Balaban J connectivity index is 1.62. The van der Waals surface area contributed by atoms with Crippen molar-refractivity contribution in [3.8, 4) is 0 Å². The van der Waals surface area contributed by atoms with E-state index in [0.717, 1.165) is 49.5 Å². The Labute approximate surface area is 159 Å². The molecule has 7 heteroatoms. The molecule has 4 rings (SSSR count). The van der Waals surface area contributed by atoms with Crippen molar-refractivity contribution >= 4 is 11.2 Å². The van der Waals surface area contributed by atoms with Crippen LogP contribution in [0, 0.1) is 12.8 Å². The quantitative estimate of drug-likeness (QED) is 0.694. The first-order valence-corrected chi connectivity index (χ1v) is 9.71. The third-order valence-electron chi connectivity index (χ3n) is 5.37. The summed E-state index contributed by atoms with van der Waals surface area (Å²) in [5.74, 6) is 0.412. The zero-order valence-corrected chi connectivity index (χ0v) is 16.6. The molecule has 1 atom stereocenters. The van der Waals surface area contributed by atoms with E-state index in [1.54, 1.807) is 6.20 Å². The topological polar surface area (TPSA) is 60.9 Å². The van der Waals surface area contributed by atoms with Gasteiger partial charge in [0, 0.05) is 39.4 Å². The van der Waals surface area contributed by atoms with Crippen LogP contribution in [0.15, 0.2) is 29.2 Å². The first-order chi connectivity index (χ1) is 12.9. The Kier molecular flexibility index (Phi) is 4.63. The highest BCUT2D eigenvalue weighted by atomic mass is 16.1. The highest BCUT2D eigenvalue weighted by Crippen LogP contribution is 2.25. The molecule has 0 N–H and O–H groups in total. The van der Waals surface area contributed by atoms with Crippen molar-refractivity contribution in [2.24, 2.45) is 13.0 Å². The third kappa shape index (κ3) is 3.32. The molecule has 7 nitrogen and oxygen atoms in total. The molecular formula is C20H28N6O. The van der Waals surface area contributed by atoms with E-state index in [-0.39, 0.29) is 11.7 Å². The van der Waals surface area contributed by atoms with Crippen molar-refractivity contribution in [3.63, 3.8) is 0 Å². The third-order valence-corrected chi connectivity index (χ3v) is 5.37. The van der Waals surface area contributed by atoms with E-state index in [2.05, 4.69) is 34.9 Å². The van der Waals surface area contributed by atoms with Crippen molar-refractivity contribution in [1.82, 2.24) is 28.8 Å². The van der Waals surface area contributed by atoms with Crippen LogP contribution in [0.1, 0.15) is 37.7 Å². The van der Waals surface area contributed by atoms with Gasteiger partial charge in [-0.25, -0.2) is 9.78 Å². The Morgan fingerprint density at radius 1 is 1.33 bits per heavy atom. The van der Waals surface area contributed by atoms with Gasteiger partial charge in [0.25, 0.3) is 0 Å². The van der Waals surface area contributed by atoms with Crippen LogP contribution in [0.4, 0.5) is 0 Å². The number of imidazole rings is 1. The summed E-state index contributed by atoms with van der Waals surface area (Å²) in [6.45, 7) is 9.72. The molecule has 0 aromatic carbocycles. The molecule has 1 saturated heterocycles. The molecule has 3 aromatic heterocycles. The fraction of sp³-hybridized carbons (Fsp3) is 0.550. The minimum atomic E-state index is 0.0700. The van der Waals surface area contributed by atoms with Crippen LogP contribution in [-0.2, 0) is 20.1 Å². The molecule has 1 aliphatic rings. The molecule has 0 radical (unpaired) electrons. The molecule has 1 aliphatic heterocycles. The van der Waals surface area contributed by atoms with Crippen molar-refractivity contribution in [2.75, 3.05) is 13.1 Å². The Hall–Kier alpha value is -2.41. The summed E-state index contributed by atoms with van der Waals surface area (Å²) in [5, 5.41) is 4.44. The van der Waals surface area contributed by atoms with E-state index < -0.39 is 0 Å². The van der Waals surface area contributed by atoms with E-state index in [9.17, 15) is 4.79 Å². The minimum absolute atomic E-state index is 0.0700. The summed E-state index contributed by atoms with van der Waals surface area (Å²) >= 11 is 0. The smallest absolute Gasteiger partial charge is 0.295 e. The lowest BCUT2D eigenvalue weighted by Crippen LogP contribution is -2.30. The predicted molar refractivity (Wildman–Crippen MR) is 106 cm³/mol. The van der Waals surface area contributed by atoms with Gasteiger partial charge in [-0.1, -0.05) is 13.8 Å². The lowest BCUT2D eigenvalue weighted by Gasteiger charge is -2.16. The molecule has 1 fully saturated rings. The van der Waals surface area contributed by atoms with Crippen LogP contribution < -0.4 is 5.69 Å². The highest BCUT2D eigenvalue weighted by molar-refractivity contribution is 5.71. The monoisotopic (exact) mass is 368 g/mol. The van der Waals surface area contributed by atoms with Crippen LogP contribution in [0.2, 0.25) is 0 Å². The molecule has 27 heavy (non-hydrogen) atoms. The molecule has 0 aliphatic carbocycles. The Morgan fingerprint density at radius 2 is 2.15 bits per heavy atom. The normalized spacial score (nSPS) is 18.2. The zero-order valence-electron chi connectivity index (χ0n) is 16.6. The van der Waals surface area contributed by atoms with Crippen molar-refractivity contribution in [1.29, 1.82) is 0 Å². The maximum Gasteiger partial charge on any atom is 0.330 e. The van der Waals surface area contributed by atoms with E-state index in [4.69, 9.17) is 0 Å². The van der Waals surface area contributed by atoms with E-state index in [0.29, 0.717) is 5.92 Å². The number of pyridine rings is 1. The average molecular weight is 368 g/mol. The first kappa shape index (κ1) is 18.0. The van der Waals surface area contributed by atoms with E-state index in [1.165, 1.54) is 5.69 Å². The van der Waals surface area contributed by atoms with E-state index >= 15 is 0 Å². The minimum Gasteiger partial charge on any atom is -0.295 e. The van der Waals surface area contributed by atoms with Crippen LogP contribution >= 0.6 is 0 Å². The van der Waals surface area contributed by atoms with Crippen LogP contribution in [0.3, 0.4) is 0 Å². The van der Waals surface area contributed by atoms with E-state index in [1.807, 2.05) is 39.9 Å². The van der Waals surface area contributed by atoms with Gasteiger partial charge in [0.05, 0.1) is 22.9 Å². The maximum atomic E-state index is 13.2.